The molecule has 2 heterocycles. The van der Waals surface area contributed by atoms with Gasteiger partial charge in [0, 0.05) is 23.4 Å². The first-order valence-corrected chi connectivity index (χ1v) is 10.4. The van der Waals surface area contributed by atoms with Crippen molar-refractivity contribution in [1.82, 2.24) is 9.97 Å². The zero-order valence-corrected chi connectivity index (χ0v) is 17.8. The molecule has 1 aliphatic carbocycles. The minimum absolute atomic E-state index is 0.145. The van der Waals surface area contributed by atoms with Gasteiger partial charge in [-0.05, 0) is 26.3 Å². The average Bonchev–Trinajstić information content (AvgIpc) is 3.47. The summed E-state index contributed by atoms with van der Waals surface area (Å²) in [5.74, 6) is 1.09. The molecule has 2 aromatic heterocycles. The fourth-order valence-corrected chi connectivity index (χ4v) is 3.72. The predicted octanol–water partition coefficient (Wildman–Crippen LogP) is 3.16. The van der Waals surface area contributed by atoms with E-state index in [1.165, 1.54) is 30.5 Å². The highest BCUT2D eigenvalue weighted by molar-refractivity contribution is 7.23. The summed E-state index contributed by atoms with van der Waals surface area (Å²) >= 11 is 2.70. The molecule has 1 aromatic carbocycles. The third-order valence-electron chi connectivity index (χ3n) is 3.75. The molecule has 151 valence electrons. The summed E-state index contributed by atoms with van der Waals surface area (Å²) in [5, 5.41) is 7.42. The van der Waals surface area contributed by atoms with Crippen molar-refractivity contribution in [2.45, 2.75) is 12.8 Å². The monoisotopic (exact) mass is 428 g/mol. The summed E-state index contributed by atoms with van der Waals surface area (Å²) in [6.07, 6.45) is 1.97. The van der Waals surface area contributed by atoms with Gasteiger partial charge in [-0.25, -0.2) is 9.97 Å². The Morgan fingerprint density at radius 3 is 2.34 bits per heavy atom. The number of nitrogens with zero attached hydrogens (tertiary/aromatic N) is 2. The number of rotatable bonds is 6. The molecule has 0 aliphatic heterocycles. The largest absolute Gasteiger partial charge is 0.383 e. The molecule has 6 N–H and O–H groups in total. The Morgan fingerprint density at radius 1 is 1.17 bits per heavy atom. The van der Waals surface area contributed by atoms with Crippen molar-refractivity contribution in [1.29, 1.82) is 1.34 Å². The number of anilines is 5. The van der Waals surface area contributed by atoms with E-state index >= 15 is 0 Å². The summed E-state index contributed by atoms with van der Waals surface area (Å²) in [6.45, 7) is 6.00. The highest BCUT2D eigenvalue weighted by Gasteiger charge is 2.33. The van der Waals surface area contributed by atoms with E-state index in [1.54, 1.807) is 7.05 Å². The van der Waals surface area contributed by atoms with Crippen LogP contribution in [0.15, 0.2) is 43.5 Å². The molecule has 0 atom stereocenters. The van der Waals surface area contributed by atoms with Crippen LogP contribution < -0.4 is 26.9 Å². The lowest BCUT2D eigenvalue weighted by Gasteiger charge is -2.00. The highest BCUT2D eigenvalue weighted by atomic mass is 32.1. The van der Waals surface area contributed by atoms with Gasteiger partial charge in [0.2, 0.25) is 0 Å². The zero-order chi connectivity index (χ0) is 22.1. The minimum Gasteiger partial charge on any atom is -0.383 e. The third-order valence-corrected chi connectivity index (χ3v) is 5.66. The van der Waals surface area contributed by atoms with E-state index in [1.807, 2.05) is 30.3 Å². The second-order valence-corrected chi connectivity index (χ2v) is 7.91. The molecule has 1 fully saturated rings. The molecular weight excluding hydrogens is 403 g/mol. The van der Waals surface area contributed by atoms with Crippen molar-refractivity contribution < 1.29 is 4.79 Å². The number of nitrogen functional groups attached to an aromatic ring is 2. The molecule has 0 unspecified atom stereocenters. The number of nitrogens with one attached hydrogen (secondary N) is 2. The Balaban J connectivity index is 0.000000228. The number of carbonyl (C=O) groups is 1. The van der Waals surface area contributed by atoms with Gasteiger partial charge in [0.25, 0.3) is 0 Å². The van der Waals surface area contributed by atoms with Gasteiger partial charge in [0.15, 0.2) is 16.0 Å². The Labute approximate surface area is 181 Å². The fraction of sp³-hybridized carbons (Fsp3) is 0.211. The number of carbonyl (C=O) groups excluding carboxylic acids is 1. The third kappa shape index (κ3) is 6.33. The van der Waals surface area contributed by atoms with Crippen molar-refractivity contribution in [3.8, 4) is 0 Å². The lowest BCUT2D eigenvalue weighted by atomic mass is 10.1. The summed E-state index contributed by atoms with van der Waals surface area (Å²) in [4.78, 5) is 20.7. The molecule has 3 aromatic rings. The smallest absolute Gasteiger partial charge is 0.189 e. The van der Waals surface area contributed by atoms with E-state index in [0.717, 1.165) is 23.7 Å². The highest BCUT2D eigenvalue weighted by Crippen LogP contribution is 2.37. The molecule has 29 heavy (non-hydrogen) atoms. The average molecular weight is 428 g/mol. The maximum atomic E-state index is 12.0. The standard InChI is InChI=1S/C13H13N3OS.C4H7BN3S.C2H4/c14-12-11(10(17)8-6-7-8)18-13(16-12)15-9-4-2-1-3-5-9;1-7-4-8-3(6)2(5)9-4;1-2/h1-5,8H,6-7,14H2,(H,15,16);5H,6H2,1H3,(H,7,8);1-2H2/i;5D;. The molecule has 0 spiro atoms. The van der Waals surface area contributed by atoms with Gasteiger partial charge in [-0.1, -0.05) is 29.5 Å². The van der Waals surface area contributed by atoms with Crippen LogP contribution in [0.4, 0.5) is 27.6 Å². The van der Waals surface area contributed by atoms with Crippen molar-refractivity contribution in [2.24, 2.45) is 5.92 Å². The lowest BCUT2D eigenvalue weighted by molar-refractivity contribution is 0.0972. The SMILES string of the molecule is C=C.Nc1nc(Nc2ccccc2)sc1C(=O)C1CC1.[2H][B]c1sc(NC)nc1N. The number of hydrogen-bond acceptors (Lipinski definition) is 9. The minimum atomic E-state index is 0.145. The van der Waals surface area contributed by atoms with Gasteiger partial charge in [0.05, 0.1) is 0 Å². The van der Waals surface area contributed by atoms with Crippen molar-refractivity contribution in [3.05, 3.63) is 48.4 Å². The van der Waals surface area contributed by atoms with Crippen LogP contribution in [-0.4, -0.2) is 31.9 Å². The number of para-hydroxylation sites is 1. The van der Waals surface area contributed by atoms with E-state index in [9.17, 15) is 4.79 Å². The number of hydrogen-bond donors (Lipinski definition) is 4. The normalized spacial score (nSPS) is 12.4. The quantitative estimate of drug-likeness (QED) is 0.271. The van der Waals surface area contributed by atoms with Crippen LogP contribution in [0.2, 0.25) is 0 Å². The first-order chi connectivity index (χ1) is 14.5. The van der Waals surface area contributed by atoms with Gasteiger partial charge in [-0.2, -0.15) is 0 Å². The zero-order valence-electron chi connectivity index (χ0n) is 17.1. The van der Waals surface area contributed by atoms with Crippen LogP contribution in [-0.2, 0) is 0 Å². The van der Waals surface area contributed by atoms with Gasteiger partial charge in [0.1, 0.15) is 24.3 Å². The summed E-state index contributed by atoms with van der Waals surface area (Å²) in [5.41, 5.74) is 12.2. The maximum Gasteiger partial charge on any atom is 0.189 e. The van der Waals surface area contributed by atoms with Crippen LogP contribution in [0, 0.1) is 5.92 Å². The van der Waals surface area contributed by atoms with Crippen LogP contribution in [0.25, 0.3) is 0 Å². The van der Waals surface area contributed by atoms with E-state index < -0.39 is 0 Å². The van der Waals surface area contributed by atoms with E-state index in [0.29, 0.717) is 26.4 Å². The molecular formula is C19H24BN6OS2. The number of Topliss-reactive ketones (excluding diaryl/α,β-unsaturated/α-hetero) is 1. The molecule has 4 rings (SSSR count). The summed E-state index contributed by atoms with van der Waals surface area (Å²) in [7, 11) is 2.97. The Morgan fingerprint density at radius 2 is 1.83 bits per heavy atom. The Hall–Kier alpha value is -2.85. The Kier molecular flexibility index (Phi) is 7.65. The number of benzene rings is 1. The van der Waals surface area contributed by atoms with Gasteiger partial charge in [-0.3, -0.25) is 4.79 Å². The van der Waals surface area contributed by atoms with Gasteiger partial charge in [-0.15, -0.1) is 24.5 Å². The number of nitrogens with two attached hydrogens (primary N) is 2. The van der Waals surface area contributed by atoms with E-state index in [-0.39, 0.29) is 11.7 Å². The fourth-order valence-electron chi connectivity index (χ4n) is 2.19. The molecule has 0 saturated heterocycles. The second kappa shape index (κ2) is 10.6. The van der Waals surface area contributed by atoms with E-state index in [4.69, 9.17) is 12.8 Å². The molecule has 10 heteroatoms. The molecule has 0 amide bonds. The number of ketones is 1. The van der Waals surface area contributed by atoms with E-state index in [2.05, 4.69) is 33.8 Å². The van der Waals surface area contributed by atoms with Crippen LogP contribution in [0.1, 0.15) is 22.5 Å². The van der Waals surface area contributed by atoms with Crippen molar-refractivity contribution in [2.75, 3.05) is 29.1 Å². The second-order valence-electron chi connectivity index (χ2n) is 5.88. The van der Waals surface area contributed by atoms with Crippen LogP contribution in [0.3, 0.4) is 0 Å². The van der Waals surface area contributed by atoms with Crippen molar-refractivity contribution in [3.63, 3.8) is 0 Å². The molecule has 7 nitrogen and oxygen atoms in total. The van der Waals surface area contributed by atoms with Crippen LogP contribution in [0.5, 0.6) is 0 Å². The summed E-state index contributed by atoms with van der Waals surface area (Å²) < 4.78 is 7.61. The summed E-state index contributed by atoms with van der Waals surface area (Å²) in [6, 6.07) is 9.72. The lowest BCUT2D eigenvalue weighted by Crippen LogP contribution is -2.02. The molecule has 1 radical (unpaired) electrons. The number of aromatic nitrogens is 2. The van der Waals surface area contributed by atoms with Gasteiger partial charge < -0.3 is 22.1 Å². The topological polar surface area (TPSA) is 119 Å². The first kappa shape index (κ1) is 20.9. The molecule has 1 aliphatic rings. The predicted molar refractivity (Wildman–Crippen MR) is 127 cm³/mol. The number of thiazole rings is 2. The first-order valence-electron chi connectivity index (χ1n) is 9.37. The molecule has 1 saturated carbocycles. The van der Waals surface area contributed by atoms with Gasteiger partial charge >= 0.3 is 0 Å². The Bertz CT molecular complexity index is 961. The molecule has 0 bridgehead atoms. The van der Waals surface area contributed by atoms with Crippen molar-refractivity contribution >= 4 is 68.6 Å². The van der Waals surface area contributed by atoms with Crippen LogP contribution >= 0.6 is 22.7 Å². The maximum absolute atomic E-state index is 12.0.